The molecule has 0 bridgehead atoms. The van der Waals surface area contributed by atoms with Crippen LogP contribution in [-0.4, -0.2) is 42.9 Å². The largest absolute Gasteiger partial charge is 0.492 e. The summed E-state index contributed by atoms with van der Waals surface area (Å²) in [4.78, 5) is 15.8. The zero-order valence-corrected chi connectivity index (χ0v) is 17.4. The highest BCUT2D eigenvalue weighted by Crippen LogP contribution is 2.43. The van der Waals surface area contributed by atoms with E-state index in [0.29, 0.717) is 19.1 Å². The predicted octanol–water partition coefficient (Wildman–Crippen LogP) is 1.68. The highest BCUT2D eigenvalue weighted by atomic mass is 32.2. The monoisotopic (exact) mass is 403 g/mol. The van der Waals surface area contributed by atoms with Gasteiger partial charge < -0.3 is 26.1 Å². The number of nitrogens with one attached hydrogen (secondary N) is 2. The minimum atomic E-state index is -0.291. The van der Waals surface area contributed by atoms with Gasteiger partial charge in [0.25, 0.3) is 5.91 Å². The number of hydrogen-bond acceptors (Lipinski definition) is 7. The van der Waals surface area contributed by atoms with Crippen LogP contribution >= 0.6 is 11.8 Å². The lowest BCUT2D eigenvalue weighted by Gasteiger charge is -2.23. The van der Waals surface area contributed by atoms with Crippen molar-refractivity contribution in [3.63, 3.8) is 0 Å². The molecule has 1 aromatic rings. The SMILES string of the molecule is CC(C)CN(C)C(=O)C1NC2=C(CCOc3cc(/C(=C/NN)CN)ccc32)S1. The van der Waals surface area contributed by atoms with Gasteiger partial charge in [-0.1, -0.05) is 31.7 Å². The summed E-state index contributed by atoms with van der Waals surface area (Å²) >= 11 is 1.60. The molecular formula is C20H29N5O2S. The van der Waals surface area contributed by atoms with Crippen LogP contribution in [0.2, 0.25) is 0 Å². The maximum absolute atomic E-state index is 12.8. The molecule has 1 aromatic carbocycles. The Hall–Kier alpha value is -2.16. The number of nitrogens with two attached hydrogens (primary N) is 2. The number of amides is 1. The van der Waals surface area contributed by atoms with E-state index in [9.17, 15) is 4.79 Å². The standard InChI is InChI=1S/C20H29N5O2S/c1-12(2)11-25(3)20(26)19-24-18-15-5-4-13(14(9-21)10-23-22)8-16(15)27-7-6-17(18)28-19/h4-5,8,10,12,19,23-24H,6-7,9,11,21-22H2,1-3H3/b14-10+. The molecule has 0 fully saturated rings. The lowest BCUT2D eigenvalue weighted by atomic mass is 10.0. The van der Waals surface area contributed by atoms with Crippen molar-refractivity contribution >= 4 is 28.9 Å². The Morgan fingerprint density at radius 1 is 1.50 bits per heavy atom. The average Bonchev–Trinajstić information content (AvgIpc) is 3.01. The molecule has 2 aliphatic heterocycles. The Labute approximate surface area is 170 Å². The molecule has 0 saturated carbocycles. The third-order valence-electron chi connectivity index (χ3n) is 4.74. The molecular weight excluding hydrogens is 374 g/mol. The van der Waals surface area contributed by atoms with Gasteiger partial charge in [0.1, 0.15) is 5.75 Å². The minimum Gasteiger partial charge on any atom is -0.492 e. The van der Waals surface area contributed by atoms with Crippen molar-refractivity contribution < 1.29 is 9.53 Å². The maximum Gasteiger partial charge on any atom is 0.255 e. The highest BCUT2D eigenvalue weighted by molar-refractivity contribution is 8.04. The molecule has 1 amide bonds. The minimum absolute atomic E-state index is 0.105. The third kappa shape index (κ3) is 4.29. The van der Waals surface area contributed by atoms with Gasteiger partial charge in [0, 0.05) is 43.2 Å². The van der Waals surface area contributed by atoms with Crippen molar-refractivity contribution in [1.29, 1.82) is 0 Å². The highest BCUT2D eigenvalue weighted by Gasteiger charge is 2.34. The molecule has 0 spiro atoms. The molecule has 152 valence electrons. The summed E-state index contributed by atoms with van der Waals surface area (Å²) in [6, 6.07) is 6.00. The topological polar surface area (TPSA) is 106 Å². The Balaban J connectivity index is 1.84. The molecule has 2 heterocycles. The zero-order chi connectivity index (χ0) is 20.3. The Morgan fingerprint density at radius 3 is 2.96 bits per heavy atom. The second kappa shape index (κ2) is 8.89. The van der Waals surface area contributed by atoms with Crippen LogP contribution < -0.4 is 27.1 Å². The van der Waals surface area contributed by atoms with E-state index in [1.54, 1.807) is 22.9 Å². The third-order valence-corrected chi connectivity index (χ3v) is 5.99. The summed E-state index contributed by atoms with van der Waals surface area (Å²) in [5.41, 5.74) is 12.2. The molecule has 8 heteroatoms. The fraction of sp³-hybridized carbons (Fsp3) is 0.450. The van der Waals surface area contributed by atoms with Crippen LogP contribution in [0.15, 0.2) is 29.3 Å². The second-order valence-corrected chi connectivity index (χ2v) is 8.60. The van der Waals surface area contributed by atoms with E-state index in [2.05, 4.69) is 24.6 Å². The van der Waals surface area contributed by atoms with Crippen molar-refractivity contribution in [3.05, 3.63) is 40.4 Å². The van der Waals surface area contributed by atoms with Crippen molar-refractivity contribution in [2.75, 3.05) is 26.7 Å². The zero-order valence-electron chi connectivity index (χ0n) is 16.6. The fourth-order valence-corrected chi connectivity index (χ4v) is 4.70. The first-order chi connectivity index (χ1) is 13.4. The van der Waals surface area contributed by atoms with Crippen LogP contribution in [0.1, 0.15) is 31.4 Å². The van der Waals surface area contributed by atoms with Crippen LogP contribution in [0.4, 0.5) is 0 Å². The Morgan fingerprint density at radius 2 is 2.29 bits per heavy atom. The van der Waals surface area contributed by atoms with Crippen LogP contribution in [0.5, 0.6) is 5.75 Å². The van der Waals surface area contributed by atoms with E-state index >= 15 is 0 Å². The van der Waals surface area contributed by atoms with Crippen molar-refractivity contribution in [2.24, 2.45) is 17.5 Å². The summed E-state index contributed by atoms with van der Waals surface area (Å²) in [6.07, 6.45) is 2.46. The van der Waals surface area contributed by atoms with Gasteiger partial charge in [0.05, 0.1) is 12.3 Å². The van der Waals surface area contributed by atoms with Gasteiger partial charge in [-0.3, -0.25) is 10.6 Å². The molecule has 3 rings (SSSR count). The van der Waals surface area contributed by atoms with Crippen molar-refractivity contribution in [1.82, 2.24) is 15.6 Å². The number of ether oxygens (including phenoxy) is 1. The number of carbonyl (C=O) groups excluding carboxylic acids is 1. The lowest BCUT2D eigenvalue weighted by molar-refractivity contribution is -0.130. The Bertz CT molecular complexity index is 806. The number of thioether (sulfide) groups is 1. The number of hydrazine groups is 1. The number of likely N-dealkylation sites (N-methyl/N-ethyl adjacent to an activating group) is 1. The number of rotatable bonds is 6. The summed E-state index contributed by atoms with van der Waals surface area (Å²) < 4.78 is 5.98. The number of benzene rings is 1. The molecule has 6 N–H and O–H groups in total. The number of nitrogens with zero attached hydrogens (tertiary/aromatic N) is 1. The van der Waals surface area contributed by atoms with E-state index in [-0.39, 0.29) is 11.3 Å². The summed E-state index contributed by atoms with van der Waals surface area (Å²) in [5.74, 6) is 6.73. The Kier molecular flexibility index (Phi) is 6.53. The molecule has 7 nitrogen and oxygen atoms in total. The molecule has 0 radical (unpaired) electrons. The van der Waals surface area contributed by atoms with E-state index < -0.39 is 0 Å². The van der Waals surface area contributed by atoms with Gasteiger partial charge in [-0.25, -0.2) is 0 Å². The first kappa shape index (κ1) is 20.6. The molecule has 28 heavy (non-hydrogen) atoms. The van der Waals surface area contributed by atoms with Crippen LogP contribution in [-0.2, 0) is 4.79 Å². The van der Waals surface area contributed by atoms with Crippen LogP contribution in [0.25, 0.3) is 11.3 Å². The van der Waals surface area contributed by atoms with Crippen molar-refractivity contribution in [3.8, 4) is 5.75 Å². The van der Waals surface area contributed by atoms with E-state index in [4.69, 9.17) is 16.3 Å². The van der Waals surface area contributed by atoms with Gasteiger partial charge in [0.15, 0.2) is 5.37 Å². The van der Waals surface area contributed by atoms with E-state index in [1.807, 2.05) is 25.2 Å². The number of hydrogen-bond donors (Lipinski definition) is 4. The van der Waals surface area contributed by atoms with Gasteiger partial charge in [-0.05, 0) is 29.2 Å². The average molecular weight is 404 g/mol. The van der Waals surface area contributed by atoms with Gasteiger partial charge in [-0.15, -0.1) is 0 Å². The van der Waals surface area contributed by atoms with E-state index in [1.165, 1.54) is 4.91 Å². The summed E-state index contributed by atoms with van der Waals surface area (Å²) in [5, 5.41) is 3.14. The summed E-state index contributed by atoms with van der Waals surface area (Å²) in [7, 11) is 1.86. The van der Waals surface area contributed by atoms with Crippen LogP contribution in [0.3, 0.4) is 0 Å². The molecule has 0 aliphatic carbocycles. The first-order valence-corrected chi connectivity index (χ1v) is 10.4. The molecule has 2 aliphatic rings. The van der Waals surface area contributed by atoms with Gasteiger partial charge in [-0.2, -0.15) is 0 Å². The molecule has 0 saturated heterocycles. The maximum atomic E-state index is 12.8. The van der Waals surface area contributed by atoms with Crippen molar-refractivity contribution in [2.45, 2.75) is 25.6 Å². The second-order valence-electron chi connectivity index (χ2n) is 7.40. The molecule has 0 aromatic heterocycles. The normalized spacial score (nSPS) is 18.8. The quantitative estimate of drug-likeness (QED) is 0.423. The van der Waals surface area contributed by atoms with E-state index in [0.717, 1.165) is 41.1 Å². The molecule has 1 unspecified atom stereocenters. The smallest absolute Gasteiger partial charge is 0.255 e. The number of carbonyl (C=O) groups is 1. The number of fused-ring (bicyclic) bond motifs is 2. The molecule has 1 atom stereocenters. The predicted molar refractivity (Wildman–Crippen MR) is 115 cm³/mol. The summed E-state index contributed by atoms with van der Waals surface area (Å²) in [6.45, 7) is 5.91. The van der Waals surface area contributed by atoms with Crippen LogP contribution in [0, 0.1) is 5.92 Å². The van der Waals surface area contributed by atoms with Gasteiger partial charge >= 0.3 is 0 Å². The first-order valence-electron chi connectivity index (χ1n) is 9.48. The van der Waals surface area contributed by atoms with Gasteiger partial charge in [0.2, 0.25) is 0 Å². The fourth-order valence-electron chi connectivity index (χ4n) is 3.47. The lowest BCUT2D eigenvalue weighted by Crippen LogP contribution is -2.41.